The van der Waals surface area contributed by atoms with Crippen molar-refractivity contribution in [1.29, 1.82) is 0 Å². The van der Waals surface area contributed by atoms with Gasteiger partial charge in [0.15, 0.2) is 0 Å². The Kier molecular flexibility index (Phi) is 6.09. The maximum Gasteiger partial charge on any atom is 0.123 e. The molecule has 90 valence electrons. The van der Waals surface area contributed by atoms with Crippen molar-refractivity contribution in [2.75, 3.05) is 6.54 Å². The summed E-state index contributed by atoms with van der Waals surface area (Å²) in [6, 6.07) is 7.46. The van der Waals surface area contributed by atoms with Gasteiger partial charge in [-0.3, -0.25) is 0 Å². The summed E-state index contributed by atoms with van der Waals surface area (Å²) in [6.45, 7) is 5.34. The van der Waals surface area contributed by atoms with Crippen LogP contribution >= 0.6 is 0 Å². The first-order valence-electron chi connectivity index (χ1n) is 6.24. The molecule has 2 heteroatoms. The Balaban J connectivity index is 2.29. The van der Waals surface area contributed by atoms with Crippen LogP contribution in [0.3, 0.4) is 0 Å². The van der Waals surface area contributed by atoms with E-state index in [9.17, 15) is 4.39 Å². The zero-order valence-electron chi connectivity index (χ0n) is 10.3. The molecule has 1 aromatic rings. The molecule has 0 heterocycles. The molecule has 0 bridgehead atoms. The molecule has 1 rings (SSSR count). The zero-order chi connectivity index (χ0) is 11.8. The largest absolute Gasteiger partial charge is 0.314 e. The molecule has 16 heavy (non-hydrogen) atoms. The Morgan fingerprint density at radius 1 is 1.31 bits per heavy atom. The average molecular weight is 223 g/mol. The van der Waals surface area contributed by atoms with E-state index in [1.165, 1.54) is 18.9 Å². The van der Waals surface area contributed by atoms with E-state index in [2.05, 4.69) is 19.2 Å². The van der Waals surface area contributed by atoms with E-state index in [4.69, 9.17) is 0 Å². The molecule has 0 aromatic heterocycles. The summed E-state index contributed by atoms with van der Waals surface area (Å²) in [7, 11) is 0. The molecule has 0 amide bonds. The van der Waals surface area contributed by atoms with Crippen LogP contribution < -0.4 is 5.32 Å². The van der Waals surface area contributed by atoms with Crippen molar-refractivity contribution in [3.05, 3.63) is 35.6 Å². The predicted octanol–water partition coefficient (Wildman–Crippen LogP) is 3.54. The fourth-order valence-electron chi connectivity index (χ4n) is 1.91. The van der Waals surface area contributed by atoms with Crippen LogP contribution in [0.4, 0.5) is 4.39 Å². The van der Waals surface area contributed by atoms with Gasteiger partial charge in [-0.15, -0.1) is 0 Å². The highest BCUT2D eigenvalue weighted by Gasteiger charge is 2.03. The number of rotatable bonds is 7. The summed E-state index contributed by atoms with van der Waals surface area (Å²) in [5.41, 5.74) is 1.07. The molecular formula is C14H22FN. The van der Waals surface area contributed by atoms with E-state index in [0.717, 1.165) is 24.9 Å². The van der Waals surface area contributed by atoms with Crippen LogP contribution in [0.1, 0.15) is 38.7 Å². The van der Waals surface area contributed by atoms with Gasteiger partial charge in [0.2, 0.25) is 0 Å². The maximum absolute atomic E-state index is 12.9. The zero-order valence-corrected chi connectivity index (χ0v) is 10.3. The summed E-state index contributed by atoms with van der Waals surface area (Å²) < 4.78 is 12.9. The molecule has 0 fully saturated rings. The number of halogens is 1. The SMILES string of the molecule is CCCC(CC)NCCc1cccc(F)c1. The fourth-order valence-corrected chi connectivity index (χ4v) is 1.91. The quantitative estimate of drug-likeness (QED) is 0.745. The molecule has 0 saturated heterocycles. The van der Waals surface area contributed by atoms with Gasteiger partial charge < -0.3 is 5.32 Å². The van der Waals surface area contributed by atoms with Gasteiger partial charge in [-0.25, -0.2) is 4.39 Å². The van der Waals surface area contributed by atoms with Crippen LogP contribution in [-0.2, 0) is 6.42 Å². The van der Waals surface area contributed by atoms with Crippen LogP contribution in [-0.4, -0.2) is 12.6 Å². The first-order valence-corrected chi connectivity index (χ1v) is 6.24. The van der Waals surface area contributed by atoms with Gasteiger partial charge in [-0.1, -0.05) is 32.4 Å². The number of hydrogen-bond acceptors (Lipinski definition) is 1. The summed E-state index contributed by atoms with van der Waals surface area (Å²) in [4.78, 5) is 0. The number of benzene rings is 1. The molecule has 1 N–H and O–H groups in total. The topological polar surface area (TPSA) is 12.0 Å². The lowest BCUT2D eigenvalue weighted by atomic mass is 10.1. The Bertz CT molecular complexity index is 299. The molecule has 1 nitrogen and oxygen atoms in total. The van der Waals surface area contributed by atoms with E-state index < -0.39 is 0 Å². The van der Waals surface area contributed by atoms with Gasteiger partial charge in [-0.2, -0.15) is 0 Å². The predicted molar refractivity (Wildman–Crippen MR) is 67.1 cm³/mol. The summed E-state index contributed by atoms with van der Waals surface area (Å²) in [5.74, 6) is -0.141. The van der Waals surface area contributed by atoms with E-state index in [0.29, 0.717) is 6.04 Å². The lowest BCUT2D eigenvalue weighted by Gasteiger charge is -2.15. The molecule has 0 aliphatic heterocycles. The van der Waals surface area contributed by atoms with E-state index in [1.54, 1.807) is 12.1 Å². The van der Waals surface area contributed by atoms with Crippen molar-refractivity contribution in [3.8, 4) is 0 Å². The minimum absolute atomic E-state index is 0.141. The normalized spacial score (nSPS) is 12.7. The molecule has 0 aliphatic rings. The highest BCUT2D eigenvalue weighted by atomic mass is 19.1. The summed E-state index contributed by atoms with van der Waals surface area (Å²) >= 11 is 0. The van der Waals surface area contributed by atoms with Crippen molar-refractivity contribution >= 4 is 0 Å². The second-order valence-corrected chi connectivity index (χ2v) is 4.23. The third kappa shape index (κ3) is 4.75. The lowest BCUT2D eigenvalue weighted by molar-refractivity contribution is 0.466. The van der Waals surface area contributed by atoms with E-state index in [-0.39, 0.29) is 5.82 Å². The van der Waals surface area contributed by atoms with Gasteiger partial charge in [0, 0.05) is 6.04 Å². The van der Waals surface area contributed by atoms with Gasteiger partial charge in [-0.05, 0) is 43.5 Å². The third-order valence-electron chi connectivity index (χ3n) is 2.87. The highest BCUT2D eigenvalue weighted by molar-refractivity contribution is 5.16. The minimum atomic E-state index is -0.141. The lowest BCUT2D eigenvalue weighted by Crippen LogP contribution is -2.30. The molecular weight excluding hydrogens is 201 g/mol. The monoisotopic (exact) mass is 223 g/mol. The second-order valence-electron chi connectivity index (χ2n) is 4.23. The molecule has 0 saturated carbocycles. The molecule has 0 aliphatic carbocycles. The van der Waals surface area contributed by atoms with E-state index >= 15 is 0 Å². The van der Waals surface area contributed by atoms with Crippen LogP contribution in [0.25, 0.3) is 0 Å². The fraction of sp³-hybridized carbons (Fsp3) is 0.571. The van der Waals surface area contributed by atoms with Gasteiger partial charge in [0.1, 0.15) is 5.82 Å². The number of nitrogens with one attached hydrogen (secondary N) is 1. The van der Waals surface area contributed by atoms with Crippen LogP contribution in [0.2, 0.25) is 0 Å². The standard InChI is InChI=1S/C14H22FN/c1-3-6-14(4-2)16-10-9-12-7-5-8-13(15)11-12/h5,7-8,11,14,16H,3-4,6,9-10H2,1-2H3. The third-order valence-corrected chi connectivity index (χ3v) is 2.87. The van der Waals surface area contributed by atoms with Crippen molar-refractivity contribution in [2.45, 2.75) is 45.6 Å². The van der Waals surface area contributed by atoms with Crippen molar-refractivity contribution in [2.24, 2.45) is 0 Å². The minimum Gasteiger partial charge on any atom is -0.314 e. The average Bonchev–Trinajstić information content (AvgIpc) is 2.28. The molecule has 1 unspecified atom stereocenters. The molecule has 0 radical (unpaired) electrons. The summed E-state index contributed by atoms with van der Waals surface area (Å²) in [5, 5.41) is 3.52. The number of hydrogen-bond donors (Lipinski definition) is 1. The first-order chi connectivity index (χ1) is 7.76. The molecule has 1 aromatic carbocycles. The van der Waals surface area contributed by atoms with Gasteiger partial charge >= 0.3 is 0 Å². The van der Waals surface area contributed by atoms with Gasteiger partial charge in [0.25, 0.3) is 0 Å². The Labute approximate surface area is 98.1 Å². The van der Waals surface area contributed by atoms with Crippen LogP contribution in [0.15, 0.2) is 24.3 Å². The van der Waals surface area contributed by atoms with Crippen molar-refractivity contribution in [1.82, 2.24) is 5.32 Å². The summed E-state index contributed by atoms with van der Waals surface area (Å²) in [6.07, 6.45) is 4.50. The Morgan fingerprint density at radius 2 is 2.12 bits per heavy atom. The molecule has 0 spiro atoms. The Morgan fingerprint density at radius 3 is 2.75 bits per heavy atom. The van der Waals surface area contributed by atoms with Crippen LogP contribution in [0.5, 0.6) is 0 Å². The van der Waals surface area contributed by atoms with Crippen molar-refractivity contribution < 1.29 is 4.39 Å². The second kappa shape index (κ2) is 7.39. The first kappa shape index (κ1) is 13.2. The molecule has 1 atom stereocenters. The van der Waals surface area contributed by atoms with Crippen molar-refractivity contribution in [3.63, 3.8) is 0 Å². The maximum atomic E-state index is 12.9. The Hall–Kier alpha value is -0.890. The smallest absolute Gasteiger partial charge is 0.123 e. The van der Waals surface area contributed by atoms with E-state index in [1.807, 2.05) is 6.07 Å². The van der Waals surface area contributed by atoms with Crippen LogP contribution in [0, 0.1) is 5.82 Å². The van der Waals surface area contributed by atoms with Gasteiger partial charge in [0.05, 0.1) is 0 Å². The highest BCUT2D eigenvalue weighted by Crippen LogP contribution is 2.05.